The lowest BCUT2D eigenvalue weighted by molar-refractivity contribution is -0.137. The van der Waals surface area contributed by atoms with Crippen molar-refractivity contribution in [1.29, 1.82) is 0 Å². The Morgan fingerprint density at radius 3 is 2.62 bits per heavy atom. The van der Waals surface area contributed by atoms with Crippen LogP contribution in [0.5, 0.6) is 0 Å². The fraction of sp³-hybridized carbons (Fsp3) is 0.769. The fourth-order valence-electron chi connectivity index (χ4n) is 1.65. The molecule has 0 aliphatic heterocycles. The van der Waals surface area contributed by atoms with Gasteiger partial charge in [0, 0.05) is 19.2 Å². The molecule has 0 aromatic heterocycles. The maximum absolute atomic E-state index is 10.8. The Kier molecular flexibility index (Phi) is 8.91. The molecule has 3 heteroatoms. The number of carbonyl (C=O) groups is 1. The molecule has 16 heavy (non-hydrogen) atoms. The van der Waals surface area contributed by atoms with Crippen molar-refractivity contribution in [3.8, 4) is 0 Å². The molecular formula is C13H25NO2. The van der Waals surface area contributed by atoms with Gasteiger partial charge in [0.2, 0.25) is 0 Å². The fourth-order valence-corrected chi connectivity index (χ4v) is 1.65. The first-order valence-corrected chi connectivity index (χ1v) is 6.11. The highest BCUT2D eigenvalue weighted by Crippen LogP contribution is 2.01. The van der Waals surface area contributed by atoms with E-state index in [0.717, 1.165) is 26.1 Å². The van der Waals surface area contributed by atoms with Crippen LogP contribution in [0, 0.1) is 5.92 Å². The van der Waals surface area contributed by atoms with Gasteiger partial charge in [-0.25, -0.2) is 4.79 Å². The molecule has 0 fully saturated rings. The van der Waals surface area contributed by atoms with Crippen LogP contribution in [0.2, 0.25) is 0 Å². The molecule has 0 aliphatic rings. The summed E-state index contributed by atoms with van der Waals surface area (Å²) in [6.45, 7) is 13.7. The summed E-state index contributed by atoms with van der Waals surface area (Å²) in [7, 11) is 0. The molecule has 0 saturated carbocycles. The third kappa shape index (κ3) is 8.48. The van der Waals surface area contributed by atoms with Crippen LogP contribution < -0.4 is 0 Å². The van der Waals surface area contributed by atoms with Gasteiger partial charge in [-0.3, -0.25) is 0 Å². The normalized spacial score (nSPS) is 10.8. The van der Waals surface area contributed by atoms with Gasteiger partial charge >= 0.3 is 5.97 Å². The second-order valence-corrected chi connectivity index (χ2v) is 4.42. The van der Waals surface area contributed by atoms with Gasteiger partial charge in [-0.05, 0) is 25.3 Å². The molecular weight excluding hydrogens is 202 g/mol. The highest BCUT2D eigenvalue weighted by atomic mass is 16.5. The maximum Gasteiger partial charge on any atom is 0.330 e. The Labute approximate surface area is 99.5 Å². The third-order valence-corrected chi connectivity index (χ3v) is 2.19. The molecule has 0 heterocycles. The Morgan fingerprint density at radius 1 is 1.44 bits per heavy atom. The summed E-state index contributed by atoms with van der Waals surface area (Å²) in [4.78, 5) is 13.2. The van der Waals surface area contributed by atoms with Crippen LogP contribution >= 0.6 is 0 Å². The average Bonchev–Trinajstić information content (AvgIpc) is 2.23. The molecule has 0 aromatic carbocycles. The summed E-state index contributed by atoms with van der Waals surface area (Å²) in [5.41, 5.74) is 0. The van der Waals surface area contributed by atoms with E-state index >= 15 is 0 Å². The molecule has 0 N–H and O–H groups in total. The molecule has 0 atom stereocenters. The van der Waals surface area contributed by atoms with Gasteiger partial charge in [-0.2, -0.15) is 0 Å². The standard InChI is InChI=1S/C13H25NO2/c1-5-8-14(11-12(3)4)9-7-10-16-13(15)6-2/h6,12H,2,5,7-11H2,1,3-4H3. The highest BCUT2D eigenvalue weighted by Gasteiger charge is 2.06. The maximum atomic E-state index is 10.8. The van der Waals surface area contributed by atoms with E-state index in [1.165, 1.54) is 12.5 Å². The van der Waals surface area contributed by atoms with E-state index in [9.17, 15) is 4.79 Å². The van der Waals surface area contributed by atoms with E-state index in [0.29, 0.717) is 12.5 Å². The van der Waals surface area contributed by atoms with E-state index in [2.05, 4.69) is 32.3 Å². The lowest BCUT2D eigenvalue weighted by Crippen LogP contribution is -2.30. The van der Waals surface area contributed by atoms with Crippen LogP contribution in [-0.4, -0.2) is 37.1 Å². The van der Waals surface area contributed by atoms with Crippen LogP contribution in [0.1, 0.15) is 33.6 Å². The van der Waals surface area contributed by atoms with Crippen molar-refractivity contribution in [3.05, 3.63) is 12.7 Å². The third-order valence-electron chi connectivity index (χ3n) is 2.19. The summed E-state index contributed by atoms with van der Waals surface area (Å²) in [6.07, 6.45) is 3.27. The number of ether oxygens (including phenoxy) is 1. The monoisotopic (exact) mass is 227 g/mol. The van der Waals surface area contributed by atoms with E-state index < -0.39 is 0 Å². The minimum absolute atomic E-state index is 0.328. The summed E-state index contributed by atoms with van der Waals surface area (Å²) in [6, 6.07) is 0. The lowest BCUT2D eigenvalue weighted by atomic mass is 10.2. The second kappa shape index (κ2) is 9.40. The Morgan fingerprint density at radius 2 is 2.12 bits per heavy atom. The molecule has 0 radical (unpaired) electrons. The second-order valence-electron chi connectivity index (χ2n) is 4.42. The predicted octanol–water partition coefficient (Wildman–Crippen LogP) is 2.47. The molecule has 0 bridgehead atoms. The minimum Gasteiger partial charge on any atom is -0.462 e. The van der Waals surface area contributed by atoms with Gasteiger partial charge in [0.15, 0.2) is 0 Å². The van der Waals surface area contributed by atoms with E-state index in [1.54, 1.807) is 0 Å². The van der Waals surface area contributed by atoms with E-state index in [4.69, 9.17) is 4.74 Å². The van der Waals surface area contributed by atoms with Crippen molar-refractivity contribution in [1.82, 2.24) is 4.90 Å². The Bertz CT molecular complexity index is 202. The summed E-state index contributed by atoms with van der Waals surface area (Å²) < 4.78 is 4.94. The first kappa shape index (κ1) is 15.2. The zero-order valence-electron chi connectivity index (χ0n) is 10.9. The summed E-state index contributed by atoms with van der Waals surface area (Å²) >= 11 is 0. The van der Waals surface area contributed by atoms with Crippen molar-refractivity contribution in [2.75, 3.05) is 26.2 Å². The molecule has 0 aliphatic carbocycles. The highest BCUT2D eigenvalue weighted by molar-refractivity contribution is 5.81. The van der Waals surface area contributed by atoms with Crippen molar-refractivity contribution in [2.24, 2.45) is 5.92 Å². The van der Waals surface area contributed by atoms with Crippen LogP contribution in [0.3, 0.4) is 0 Å². The van der Waals surface area contributed by atoms with Gasteiger partial charge < -0.3 is 9.64 Å². The van der Waals surface area contributed by atoms with Gasteiger partial charge in [0.05, 0.1) is 6.61 Å². The number of rotatable bonds is 9. The lowest BCUT2D eigenvalue weighted by Gasteiger charge is -2.23. The molecule has 0 aromatic rings. The number of carbonyl (C=O) groups excluding carboxylic acids is 1. The SMILES string of the molecule is C=CC(=O)OCCCN(CCC)CC(C)C. The molecule has 3 nitrogen and oxygen atoms in total. The van der Waals surface area contributed by atoms with Crippen LogP contribution in [0.15, 0.2) is 12.7 Å². The van der Waals surface area contributed by atoms with Crippen LogP contribution in [0.25, 0.3) is 0 Å². The van der Waals surface area contributed by atoms with Crippen LogP contribution in [0.4, 0.5) is 0 Å². The smallest absolute Gasteiger partial charge is 0.330 e. The zero-order valence-corrected chi connectivity index (χ0v) is 10.9. The summed E-state index contributed by atoms with van der Waals surface area (Å²) in [5.74, 6) is 0.355. The van der Waals surface area contributed by atoms with Crippen molar-refractivity contribution >= 4 is 5.97 Å². The van der Waals surface area contributed by atoms with Gasteiger partial charge in [0.25, 0.3) is 0 Å². The van der Waals surface area contributed by atoms with Crippen molar-refractivity contribution in [3.63, 3.8) is 0 Å². The van der Waals surface area contributed by atoms with E-state index in [1.807, 2.05) is 0 Å². The van der Waals surface area contributed by atoms with Gasteiger partial charge in [-0.1, -0.05) is 27.4 Å². The molecule has 0 spiro atoms. The predicted molar refractivity (Wildman–Crippen MR) is 67.3 cm³/mol. The molecule has 0 amide bonds. The number of hydrogen-bond acceptors (Lipinski definition) is 3. The molecule has 0 rings (SSSR count). The quantitative estimate of drug-likeness (QED) is 0.344. The molecule has 94 valence electrons. The zero-order chi connectivity index (χ0) is 12.4. The minimum atomic E-state index is -0.328. The number of esters is 1. The molecule has 0 unspecified atom stereocenters. The van der Waals surface area contributed by atoms with Crippen molar-refractivity contribution < 1.29 is 9.53 Å². The Hall–Kier alpha value is -0.830. The topological polar surface area (TPSA) is 29.5 Å². The average molecular weight is 227 g/mol. The first-order chi connectivity index (χ1) is 7.60. The van der Waals surface area contributed by atoms with Gasteiger partial charge in [-0.15, -0.1) is 0 Å². The van der Waals surface area contributed by atoms with Gasteiger partial charge in [0.1, 0.15) is 0 Å². The Balaban J connectivity index is 3.66. The molecule has 0 saturated heterocycles. The number of nitrogens with zero attached hydrogens (tertiary/aromatic N) is 1. The largest absolute Gasteiger partial charge is 0.462 e. The van der Waals surface area contributed by atoms with E-state index in [-0.39, 0.29) is 5.97 Å². The first-order valence-electron chi connectivity index (χ1n) is 6.11. The van der Waals surface area contributed by atoms with Crippen LogP contribution in [-0.2, 0) is 9.53 Å². The summed E-state index contributed by atoms with van der Waals surface area (Å²) in [5, 5.41) is 0. The van der Waals surface area contributed by atoms with Crippen molar-refractivity contribution in [2.45, 2.75) is 33.6 Å². The number of hydrogen-bond donors (Lipinski definition) is 0.